The Hall–Kier alpha value is -3.60. The second kappa shape index (κ2) is 9.45. The first kappa shape index (κ1) is 22.8. The average molecular weight is 484 g/mol. The van der Waals surface area contributed by atoms with Gasteiger partial charge in [0, 0.05) is 18.0 Å². The molecule has 2 bridgehead atoms. The lowest BCUT2D eigenvalue weighted by Crippen LogP contribution is -2.51. The van der Waals surface area contributed by atoms with E-state index in [1.165, 1.54) is 28.3 Å². The molecule has 0 N–H and O–H groups in total. The first-order valence-corrected chi connectivity index (χ1v) is 12.9. The molecule has 0 aromatic heterocycles. The zero-order valence-electron chi connectivity index (χ0n) is 20.5. The maximum Gasteiger partial charge on any atom is 0.410 e. The number of amides is 1. The summed E-state index contributed by atoms with van der Waals surface area (Å²) < 4.78 is 25.8. The maximum atomic E-state index is 14.3. The van der Waals surface area contributed by atoms with Crippen molar-refractivity contribution in [1.82, 2.24) is 4.90 Å². The van der Waals surface area contributed by atoms with Crippen LogP contribution in [-0.4, -0.2) is 36.3 Å². The summed E-state index contributed by atoms with van der Waals surface area (Å²) >= 11 is 0. The van der Waals surface area contributed by atoms with Gasteiger partial charge in [-0.2, -0.15) is 0 Å². The van der Waals surface area contributed by atoms with E-state index in [2.05, 4.69) is 42.5 Å². The Kier molecular flexibility index (Phi) is 6.00. The predicted octanol–water partition coefficient (Wildman–Crippen LogP) is 7.18. The summed E-state index contributed by atoms with van der Waals surface area (Å²) in [5.74, 6) is 0.278. The Morgan fingerprint density at radius 1 is 1.00 bits per heavy atom. The van der Waals surface area contributed by atoms with Crippen LogP contribution in [0.4, 0.5) is 9.18 Å². The second-order valence-corrected chi connectivity index (χ2v) is 9.87. The predicted molar refractivity (Wildman–Crippen MR) is 138 cm³/mol. The Morgan fingerprint density at radius 2 is 1.72 bits per heavy atom. The first-order chi connectivity index (χ1) is 17.6. The van der Waals surface area contributed by atoms with Crippen molar-refractivity contribution in [1.29, 1.82) is 0 Å². The minimum atomic E-state index is -0.305. The Balaban J connectivity index is 1.21. The molecule has 2 heterocycles. The summed E-state index contributed by atoms with van der Waals surface area (Å²) in [5, 5.41) is 0. The fraction of sp³-hybridized carbons (Fsp3) is 0.323. The van der Waals surface area contributed by atoms with Crippen LogP contribution in [0, 0.1) is 5.82 Å². The highest BCUT2D eigenvalue weighted by atomic mass is 19.1. The number of hydrogen-bond acceptors (Lipinski definition) is 3. The van der Waals surface area contributed by atoms with Gasteiger partial charge in [-0.1, -0.05) is 54.6 Å². The van der Waals surface area contributed by atoms with Gasteiger partial charge in [0.1, 0.15) is 18.2 Å². The summed E-state index contributed by atoms with van der Waals surface area (Å²) in [6, 6.07) is 21.6. The topological polar surface area (TPSA) is 38.8 Å². The van der Waals surface area contributed by atoms with E-state index in [1.54, 1.807) is 6.07 Å². The van der Waals surface area contributed by atoms with Gasteiger partial charge in [-0.05, 0) is 78.1 Å². The van der Waals surface area contributed by atoms with Crippen LogP contribution in [0.25, 0.3) is 16.7 Å². The molecule has 0 saturated carbocycles. The Bertz CT molecular complexity index is 1290. The van der Waals surface area contributed by atoms with E-state index in [9.17, 15) is 9.18 Å². The van der Waals surface area contributed by atoms with E-state index in [0.29, 0.717) is 25.4 Å². The minimum Gasteiger partial charge on any atom is -0.494 e. The molecule has 1 fully saturated rings. The van der Waals surface area contributed by atoms with Crippen molar-refractivity contribution in [3.8, 4) is 16.9 Å². The quantitative estimate of drug-likeness (QED) is 0.386. The van der Waals surface area contributed by atoms with Crippen molar-refractivity contribution in [3.63, 3.8) is 0 Å². The number of hydrogen-bond donors (Lipinski definition) is 0. The zero-order valence-corrected chi connectivity index (χ0v) is 20.5. The standard InChI is InChI=1S/C31H30FNO3/c1-2-35-25-17-20(14-22(32)18-25)21-15-23-8-7-9-24(16-21)33(23)31(34)36-19-30-28-12-5-3-10-26(28)27-11-4-6-13-29(27)30/h3-6,10-15,17-18,23-24,30H,2,7-9,16,19H2,1H3. The lowest BCUT2D eigenvalue weighted by atomic mass is 9.83. The molecule has 184 valence electrons. The smallest absolute Gasteiger partial charge is 0.410 e. The third kappa shape index (κ3) is 4.06. The van der Waals surface area contributed by atoms with E-state index in [4.69, 9.17) is 9.47 Å². The molecule has 2 atom stereocenters. The average Bonchev–Trinajstić information content (AvgIpc) is 3.20. The van der Waals surface area contributed by atoms with Gasteiger partial charge in [0.15, 0.2) is 0 Å². The minimum absolute atomic E-state index is 0.0399. The van der Waals surface area contributed by atoms with Crippen LogP contribution in [0.15, 0.2) is 72.8 Å². The van der Waals surface area contributed by atoms with Crippen LogP contribution < -0.4 is 4.74 Å². The van der Waals surface area contributed by atoms with Gasteiger partial charge in [0.25, 0.3) is 0 Å². The normalized spacial score (nSPS) is 20.4. The van der Waals surface area contributed by atoms with Crippen molar-refractivity contribution in [3.05, 3.63) is 95.3 Å². The Morgan fingerprint density at radius 3 is 2.42 bits per heavy atom. The van der Waals surface area contributed by atoms with E-state index in [0.717, 1.165) is 30.4 Å². The number of piperidine rings is 1. The molecular weight excluding hydrogens is 453 g/mol. The Labute approximate surface area is 211 Å². The summed E-state index contributed by atoms with van der Waals surface area (Å²) in [4.78, 5) is 15.3. The molecule has 3 aromatic rings. The van der Waals surface area contributed by atoms with Crippen molar-refractivity contribution >= 4 is 11.7 Å². The molecule has 3 aliphatic rings. The number of carbonyl (C=O) groups is 1. The van der Waals surface area contributed by atoms with Crippen LogP contribution in [0.5, 0.6) is 5.75 Å². The van der Waals surface area contributed by atoms with Crippen LogP contribution >= 0.6 is 0 Å². The highest BCUT2D eigenvalue weighted by Gasteiger charge is 2.39. The SMILES string of the molecule is CCOc1cc(F)cc(C2=CC3CCCC(C2)N3C(=O)OCC2c3ccccc3-c3ccccc32)c1. The first-order valence-electron chi connectivity index (χ1n) is 12.9. The lowest BCUT2D eigenvalue weighted by Gasteiger charge is -2.44. The van der Waals surface area contributed by atoms with Crippen LogP contribution in [0.1, 0.15) is 55.2 Å². The fourth-order valence-electron chi connectivity index (χ4n) is 6.19. The lowest BCUT2D eigenvalue weighted by molar-refractivity contribution is 0.0539. The molecule has 4 nitrogen and oxygen atoms in total. The molecule has 36 heavy (non-hydrogen) atoms. The number of rotatable bonds is 5. The molecule has 2 unspecified atom stereocenters. The monoisotopic (exact) mass is 483 g/mol. The molecule has 1 aliphatic carbocycles. The summed E-state index contributed by atoms with van der Waals surface area (Å²) in [7, 11) is 0. The van der Waals surface area contributed by atoms with Gasteiger partial charge in [-0.3, -0.25) is 4.90 Å². The van der Waals surface area contributed by atoms with Gasteiger partial charge in [0.2, 0.25) is 0 Å². The van der Waals surface area contributed by atoms with E-state index in [1.807, 2.05) is 30.0 Å². The van der Waals surface area contributed by atoms with Crippen molar-refractivity contribution < 1.29 is 18.7 Å². The molecule has 2 aliphatic heterocycles. The molecule has 0 spiro atoms. The molecule has 1 saturated heterocycles. The second-order valence-electron chi connectivity index (χ2n) is 9.87. The molecule has 1 amide bonds. The van der Waals surface area contributed by atoms with Crippen molar-refractivity contribution in [2.75, 3.05) is 13.2 Å². The fourth-order valence-corrected chi connectivity index (χ4v) is 6.19. The van der Waals surface area contributed by atoms with E-state index < -0.39 is 0 Å². The molecular formula is C31H30FNO3. The van der Waals surface area contributed by atoms with Crippen LogP contribution in [-0.2, 0) is 4.74 Å². The third-order valence-corrected chi connectivity index (χ3v) is 7.74. The zero-order chi connectivity index (χ0) is 24.6. The van der Waals surface area contributed by atoms with Crippen LogP contribution in [0.3, 0.4) is 0 Å². The molecule has 0 radical (unpaired) electrons. The van der Waals surface area contributed by atoms with Crippen molar-refractivity contribution in [2.45, 2.75) is 50.6 Å². The highest BCUT2D eigenvalue weighted by Crippen LogP contribution is 2.45. The largest absolute Gasteiger partial charge is 0.494 e. The number of carbonyl (C=O) groups excluding carboxylic acids is 1. The molecule has 3 aromatic carbocycles. The van der Waals surface area contributed by atoms with Crippen LogP contribution in [0.2, 0.25) is 0 Å². The van der Waals surface area contributed by atoms with Gasteiger partial charge >= 0.3 is 6.09 Å². The van der Waals surface area contributed by atoms with Gasteiger partial charge < -0.3 is 9.47 Å². The number of ether oxygens (including phenoxy) is 2. The number of fused-ring (bicyclic) bond motifs is 5. The van der Waals surface area contributed by atoms with Gasteiger partial charge in [-0.25, -0.2) is 9.18 Å². The van der Waals surface area contributed by atoms with Gasteiger partial charge in [-0.15, -0.1) is 0 Å². The maximum absolute atomic E-state index is 14.3. The summed E-state index contributed by atoms with van der Waals surface area (Å²) in [6.45, 7) is 2.70. The van der Waals surface area contributed by atoms with Crippen molar-refractivity contribution in [2.24, 2.45) is 0 Å². The molecule has 6 rings (SSSR count). The van der Waals surface area contributed by atoms with E-state index in [-0.39, 0.29) is 29.9 Å². The molecule has 5 heteroatoms. The third-order valence-electron chi connectivity index (χ3n) is 7.74. The number of benzene rings is 3. The van der Waals surface area contributed by atoms with Gasteiger partial charge in [0.05, 0.1) is 12.6 Å². The highest BCUT2D eigenvalue weighted by molar-refractivity contribution is 5.79. The summed E-state index contributed by atoms with van der Waals surface area (Å²) in [5.41, 5.74) is 6.78. The number of nitrogens with zero attached hydrogens (tertiary/aromatic N) is 1. The number of halogens is 1. The van der Waals surface area contributed by atoms with E-state index >= 15 is 0 Å². The summed E-state index contributed by atoms with van der Waals surface area (Å²) in [6.07, 6.45) is 5.44.